The van der Waals surface area contributed by atoms with E-state index in [4.69, 9.17) is 0 Å². The molecule has 0 unspecified atom stereocenters. The number of halogens is 1. The van der Waals surface area contributed by atoms with Gasteiger partial charge < -0.3 is 29.3 Å². The summed E-state index contributed by atoms with van der Waals surface area (Å²) in [6, 6.07) is 10.1. The highest BCUT2D eigenvalue weighted by molar-refractivity contribution is 6.13. The summed E-state index contributed by atoms with van der Waals surface area (Å²) in [5, 5.41) is 13.9. The van der Waals surface area contributed by atoms with Gasteiger partial charge in [-0.25, -0.2) is 4.57 Å². The number of aromatic nitrogens is 1. The first-order valence-corrected chi connectivity index (χ1v) is 6.33. The average Bonchev–Trinajstić information content (AvgIpc) is 2.78. The van der Waals surface area contributed by atoms with Crippen LogP contribution in [-0.2, 0) is 7.05 Å². The molecule has 0 atom stereocenters. The lowest BCUT2D eigenvalue weighted by Gasteiger charge is -2.01. The fourth-order valence-electron chi connectivity index (χ4n) is 2.36. The molecule has 0 radical (unpaired) electrons. The highest BCUT2D eigenvalue weighted by atomic mass is 127. The van der Waals surface area contributed by atoms with Gasteiger partial charge in [-0.3, -0.25) is 14.9 Å². The molecule has 0 spiro atoms. The third-order valence-electron chi connectivity index (χ3n) is 3.39. The summed E-state index contributed by atoms with van der Waals surface area (Å²) in [4.78, 5) is 22.6. The van der Waals surface area contributed by atoms with Crippen LogP contribution < -0.4 is 33.9 Å². The Labute approximate surface area is 143 Å². The first kappa shape index (κ1) is 16.1. The van der Waals surface area contributed by atoms with Crippen molar-refractivity contribution in [1.29, 1.82) is 0 Å². The lowest BCUT2D eigenvalue weighted by molar-refractivity contribution is -0.673. The number of carbonyl (C=O) groups excluding carboxylic acids is 1. The summed E-state index contributed by atoms with van der Waals surface area (Å²) >= 11 is 0. The smallest absolute Gasteiger partial charge is 0.279 e. The second-order valence-corrected chi connectivity index (χ2v) is 4.71. The third kappa shape index (κ3) is 2.71. The Morgan fingerprint density at radius 1 is 1.23 bits per heavy atom. The predicted molar refractivity (Wildman–Crippen MR) is 76.1 cm³/mol. The van der Waals surface area contributed by atoms with Gasteiger partial charge in [0.2, 0.25) is 5.69 Å². The van der Waals surface area contributed by atoms with Gasteiger partial charge in [0, 0.05) is 24.3 Å². The summed E-state index contributed by atoms with van der Waals surface area (Å²) in [7, 11) is 1.86. The van der Waals surface area contributed by atoms with E-state index in [2.05, 4.69) is 5.32 Å². The number of carbonyl (C=O) groups is 1. The predicted octanol–water partition coefficient (Wildman–Crippen LogP) is -1.34. The number of amides is 1. The number of nitrogens with zero attached hydrogens (tertiary/aromatic N) is 2. The number of nitro benzene ring substituents is 1. The molecule has 22 heavy (non-hydrogen) atoms. The van der Waals surface area contributed by atoms with E-state index in [1.165, 1.54) is 12.1 Å². The number of fused-ring (bicyclic) bond motifs is 1. The van der Waals surface area contributed by atoms with Gasteiger partial charge in [0.15, 0.2) is 6.20 Å². The van der Waals surface area contributed by atoms with E-state index in [9.17, 15) is 14.9 Å². The number of nitrogens with one attached hydrogen (secondary N) is 1. The molecule has 2 heterocycles. The van der Waals surface area contributed by atoms with Crippen molar-refractivity contribution in [2.45, 2.75) is 0 Å². The van der Waals surface area contributed by atoms with E-state index in [1.807, 2.05) is 36.0 Å². The van der Waals surface area contributed by atoms with Crippen molar-refractivity contribution in [3.05, 3.63) is 69.5 Å². The van der Waals surface area contributed by atoms with Crippen molar-refractivity contribution in [1.82, 2.24) is 5.32 Å². The van der Waals surface area contributed by atoms with Crippen LogP contribution in [0.3, 0.4) is 0 Å². The van der Waals surface area contributed by atoms with Gasteiger partial charge >= 0.3 is 0 Å². The zero-order valence-electron chi connectivity index (χ0n) is 11.6. The van der Waals surface area contributed by atoms with Crippen molar-refractivity contribution in [2.75, 3.05) is 0 Å². The molecule has 112 valence electrons. The van der Waals surface area contributed by atoms with Crippen LogP contribution in [0.1, 0.15) is 21.6 Å². The second-order valence-electron chi connectivity index (χ2n) is 4.71. The van der Waals surface area contributed by atoms with E-state index in [-0.39, 0.29) is 35.6 Å². The molecule has 6 nitrogen and oxygen atoms in total. The summed E-state index contributed by atoms with van der Waals surface area (Å²) in [6.07, 6.45) is 3.60. The molecule has 1 aliphatic heterocycles. The Bertz CT molecular complexity index is 802. The van der Waals surface area contributed by atoms with E-state index in [0.29, 0.717) is 16.8 Å². The van der Waals surface area contributed by atoms with Crippen LogP contribution in [0.2, 0.25) is 0 Å². The zero-order valence-corrected chi connectivity index (χ0v) is 13.8. The molecule has 3 rings (SSSR count). The number of hydrogen-bond donors (Lipinski definition) is 1. The van der Waals surface area contributed by atoms with Gasteiger partial charge in [0.1, 0.15) is 7.05 Å². The Hall–Kier alpha value is -2.29. The van der Waals surface area contributed by atoms with Crippen LogP contribution in [0.4, 0.5) is 5.69 Å². The van der Waals surface area contributed by atoms with E-state index < -0.39 is 4.92 Å². The van der Waals surface area contributed by atoms with Gasteiger partial charge in [0.25, 0.3) is 11.6 Å². The van der Waals surface area contributed by atoms with Gasteiger partial charge in [-0.05, 0) is 12.1 Å². The summed E-state index contributed by atoms with van der Waals surface area (Å²) in [5.74, 6) is -0.321. The quantitative estimate of drug-likeness (QED) is 0.289. The van der Waals surface area contributed by atoms with E-state index >= 15 is 0 Å². The molecular weight excluding hydrogens is 397 g/mol. The van der Waals surface area contributed by atoms with Crippen LogP contribution >= 0.6 is 0 Å². The Kier molecular flexibility index (Phi) is 4.55. The molecule has 1 aromatic heterocycles. The maximum atomic E-state index is 11.9. The fourth-order valence-corrected chi connectivity index (χ4v) is 2.36. The number of benzene rings is 1. The lowest BCUT2D eigenvalue weighted by Crippen LogP contribution is -3.00. The summed E-state index contributed by atoms with van der Waals surface area (Å²) in [6.45, 7) is 0. The largest absolute Gasteiger partial charge is 1.00 e. The highest BCUT2D eigenvalue weighted by Gasteiger charge is 2.31. The van der Waals surface area contributed by atoms with Crippen molar-refractivity contribution < 1.29 is 38.3 Å². The van der Waals surface area contributed by atoms with Crippen LogP contribution in [0.25, 0.3) is 11.8 Å². The van der Waals surface area contributed by atoms with Crippen molar-refractivity contribution in [2.24, 2.45) is 7.05 Å². The van der Waals surface area contributed by atoms with Crippen molar-refractivity contribution >= 4 is 23.4 Å². The molecule has 2 aromatic rings. The van der Waals surface area contributed by atoms with Crippen LogP contribution in [0.15, 0.2) is 42.6 Å². The Morgan fingerprint density at radius 2 is 2.00 bits per heavy atom. The summed E-state index contributed by atoms with van der Waals surface area (Å²) < 4.78 is 1.87. The monoisotopic (exact) mass is 409 g/mol. The summed E-state index contributed by atoms with van der Waals surface area (Å²) in [5.41, 5.74) is 1.88. The highest BCUT2D eigenvalue weighted by Crippen LogP contribution is 2.33. The number of hydrogen-bond acceptors (Lipinski definition) is 3. The molecular formula is C15H12IN3O3. The zero-order chi connectivity index (χ0) is 15.0. The van der Waals surface area contributed by atoms with Gasteiger partial charge in [0.05, 0.1) is 21.7 Å². The molecule has 1 aliphatic rings. The SMILES string of the molecule is C[n+]1ccccc1/C=C1\NC(=O)c2cccc([N+](=O)[O-])c21.[I-]. The van der Waals surface area contributed by atoms with Crippen LogP contribution in [0.5, 0.6) is 0 Å². The molecule has 0 saturated carbocycles. The number of nitro groups is 1. The first-order valence-electron chi connectivity index (χ1n) is 6.33. The van der Waals surface area contributed by atoms with E-state index in [0.717, 1.165) is 5.69 Å². The molecule has 0 aliphatic carbocycles. The van der Waals surface area contributed by atoms with Crippen LogP contribution in [0, 0.1) is 10.1 Å². The molecule has 0 bridgehead atoms. The molecule has 0 fully saturated rings. The van der Waals surface area contributed by atoms with Crippen molar-refractivity contribution in [3.63, 3.8) is 0 Å². The van der Waals surface area contributed by atoms with Gasteiger partial charge in [-0.1, -0.05) is 6.07 Å². The van der Waals surface area contributed by atoms with Gasteiger partial charge in [-0.15, -0.1) is 0 Å². The molecule has 1 amide bonds. The minimum atomic E-state index is -0.474. The Morgan fingerprint density at radius 3 is 2.68 bits per heavy atom. The maximum Gasteiger partial charge on any atom is 0.279 e. The molecule has 1 aromatic carbocycles. The standard InChI is InChI=1S/C15H11N3O3.HI/c1-17-8-3-2-5-10(17)9-12-14-11(15(19)16-12)6-4-7-13(14)18(20)21;/h2-9H,1H3;1H. The lowest BCUT2D eigenvalue weighted by atomic mass is 10.1. The normalized spacial score (nSPS) is 14.2. The van der Waals surface area contributed by atoms with E-state index in [1.54, 1.807) is 12.1 Å². The minimum Gasteiger partial charge on any atom is -1.00 e. The van der Waals surface area contributed by atoms with Gasteiger partial charge in [-0.2, -0.15) is 0 Å². The molecule has 1 N–H and O–H groups in total. The second kappa shape index (κ2) is 6.22. The average molecular weight is 409 g/mol. The first-order chi connectivity index (χ1) is 10.1. The third-order valence-corrected chi connectivity index (χ3v) is 3.39. The van der Waals surface area contributed by atoms with Crippen LogP contribution in [-0.4, -0.2) is 10.8 Å². The number of pyridine rings is 1. The fraction of sp³-hybridized carbons (Fsp3) is 0.0667. The number of aryl methyl sites for hydroxylation is 1. The minimum absolute atomic E-state index is 0. The molecule has 7 heteroatoms. The van der Waals surface area contributed by atoms with Crippen molar-refractivity contribution in [3.8, 4) is 0 Å². The maximum absolute atomic E-state index is 11.9. The topological polar surface area (TPSA) is 76.1 Å². The number of rotatable bonds is 2. The molecule has 0 saturated heterocycles. The Balaban J connectivity index is 0.00000176.